The molecule has 2 N–H and O–H groups in total. The Bertz CT molecular complexity index is 150. The molecule has 1 fully saturated rings. The number of hydrogen-bond donors (Lipinski definition) is 1. The Morgan fingerprint density at radius 3 is 2.93 bits per heavy atom. The molecule has 0 aromatic carbocycles. The first-order chi connectivity index (χ1) is 6.74. The van der Waals surface area contributed by atoms with Crippen molar-refractivity contribution in [3.63, 3.8) is 0 Å². The Morgan fingerprint density at radius 2 is 2.29 bits per heavy atom. The van der Waals surface area contributed by atoms with E-state index < -0.39 is 0 Å². The van der Waals surface area contributed by atoms with Crippen LogP contribution >= 0.6 is 0 Å². The monoisotopic (exact) mass is 200 g/mol. The molecule has 0 aliphatic carbocycles. The van der Waals surface area contributed by atoms with Crippen LogP contribution in [0.4, 0.5) is 0 Å². The largest absolute Gasteiger partial charge is 0.378 e. The number of morpholine rings is 1. The van der Waals surface area contributed by atoms with E-state index in [1.54, 1.807) is 0 Å². The lowest BCUT2D eigenvalue weighted by atomic mass is 10.1. The standard InChI is InChI=1S/C11H24N2O/c1-10(2)4-3-5-13-6-7-14-9-11(13)8-12/h10-11H,3-9,12H2,1-2H3. The number of nitrogens with zero attached hydrogens (tertiary/aromatic N) is 1. The highest BCUT2D eigenvalue weighted by Crippen LogP contribution is 2.10. The van der Waals surface area contributed by atoms with Crippen LogP contribution in [0.2, 0.25) is 0 Å². The predicted molar refractivity (Wildman–Crippen MR) is 59.3 cm³/mol. The van der Waals surface area contributed by atoms with Gasteiger partial charge in [0.15, 0.2) is 0 Å². The van der Waals surface area contributed by atoms with Crippen LogP contribution in [0.5, 0.6) is 0 Å². The molecule has 1 atom stereocenters. The van der Waals surface area contributed by atoms with E-state index in [2.05, 4.69) is 18.7 Å². The number of nitrogens with two attached hydrogens (primary N) is 1. The van der Waals surface area contributed by atoms with Crippen molar-refractivity contribution in [3.8, 4) is 0 Å². The first kappa shape index (κ1) is 12.0. The van der Waals surface area contributed by atoms with E-state index in [9.17, 15) is 0 Å². The molecule has 0 bridgehead atoms. The Hall–Kier alpha value is -0.120. The summed E-state index contributed by atoms with van der Waals surface area (Å²) in [6.45, 7) is 9.21. The van der Waals surface area contributed by atoms with Crippen molar-refractivity contribution in [2.24, 2.45) is 11.7 Å². The molecule has 0 aromatic rings. The maximum absolute atomic E-state index is 5.70. The van der Waals surface area contributed by atoms with Crippen LogP contribution in [0.15, 0.2) is 0 Å². The van der Waals surface area contributed by atoms with Crippen LogP contribution < -0.4 is 5.73 Å². The highest BCUT2D eigenvalue weighted by atomic mass is 16.5. The second-order valence-corrected chi connectivity index (χ2v) is 4.54. The number of ether oxygens (including phenoxy) is 1. The fraction of sp³-hybridized carbons (Fsp3) is 1.00. The zero-order valence-corrected chi connectivity index (χ0v) is 9.54. The first-order valence-corrected chi connectivity index (χ1v) is 5.76. The van der Waals surface area contributed by atoms with Crippen LogP contribution in [0.3, 0.4) is 0 Å². The van der Waals surface area contributed by atoms with Crippen molar-refractivity contribution in [2.45, 2.75) is 32.7 Å². The van der Waals surface area contributed by atoms with Crippen LogP contribution in [-0.4, -0.2) is 43.8 Å². The maximum Gasteiger partial charge on any atom is 0.0634 e. The minimum atomic E-state index is 0.455. The summed E-state index contributed by atoms with van der Waals surface area (Å²) in [6.07, 6.45) is 2.60. The van der Waals surface area contributed by atoms with Gasteiger partial charge in [-0.2, -0.15) is 0 Å². The van der Waals surface area contributed by atoms with Gasteiger partial charge in [0.05, 0.1) is 13.2 Å². The van der Waals surface area contributed by atoms with Gasteiger partial charge in [-0.3, -0.25) is 4.90 Å². The van der Waals surface area contributed by atoms with Gasteiger partial charge >= 0.3 is 0 Å². The van der Waals surface area contributed by atoms with Crippen LogP contribution in [0, 0.1) is 5.92 Å². The minimum absolute atomic E-state index is 0.455. The van der Waals surface area contributed by atoms with Crippen molar-refractivity contribution in [1.82, 2.24) is 4.90 Å². The molecule has 84 valence electrons. The minimum Gasteiger partial charge on any atom is -0.378 e. The third-order valence-electron chi connectivity index (χ3n) is 2.85. The van der Waals surface area contributed by atoms with E-state index in [4.69, 9.17) is 10.5 Å². The van der Waals surface area contributed by atoms with Crippen molar-refractivity contribution >= 4 is 0 Å². The van der Waals surface area contributed by atoms with E-state index in [1.807, 2.05) is 0 Å². The molecular weight excluding hydrogens is 176 g/mol. The highest BCUT2D eigenvalue weighted by molar-refractivity contribution is 4.75. The molecule has 1 aliphatic heterocycles. The zero-order chi connectivity index (χ0) is 10.4. The van der Waals surface area contributed by atoms with Gasteiger partial charge in [-0.1, -0.05) is 13.8 Å². The van der Waals surface area contributed by atoms with E-state index in [-0.39, 0.29) is 0 Å². The smallest absolute Gasteiger partial charge is 0.0634 e. The molecule has 0 radical (unpaired) electrons. The maximum atomic E-state index is 5.70. The summed E-state index contributed by atoms with van der Waals surface area (Å²) in [4.78, 5) is 2.48. The molecule has 14 heavy (non-hydrogen) atoms. The molecule has 1 heterocycles. The Balaban J connectivity index is 2.19. The molecule has 3 heteroatoms. The van der Waals surface area contributed by atoms with Gasteiger partial charge in [0.25, 0.3) is 0 Å². The van der Waals surface area contributed by atoms with Crippen molar-refractivity contribution < 1.29 is 4.74 Å². The lowest BCUT2D eigenvalue weighted by molar-refractivity contribution is -0.00472. The summed E-state index contributed by atoms with van der Waals surface area (Å²) in [5, 5.41) is 0. The summed E-state index contributed by atoms with van der Waals surface area (Å²) < 4.78 is 5.41. The molecule has 1 unspecified atom stereocenters. The van der Waals surface area contributed by atoms with Crippen molar-refractivity contribution in [2.75, 3.05) is 32.8 Å². The van der Waals surface area contributed by atoms with Crippen LogP contribution in [-0.2, 0) is 4.74 Å². The molecule has 1 saturated heterocycles. The Kier molecular flexibility index (Phi) is 5.45. The number of hydrogen-bond acceptors (Lipinski definition) is 3. The molecule has 3 nitrogen and oxygen atoms in total. The van der Waals surface area contributed by atoms with E-state index in [1.165, 1.54) is 19.4 Å². The van der Waals surface area contributed by atoms with E-state index >= 15 is 0 Å². The highest BCUT2D eigenvalue weighted by Gasteiger charge is 2.20. The molecule has 0 saturated carbocycles. The Labute approximate surface area is 87.6 Å². The first-order valence-electron chi connectivity index (χ1n) is 5.76. The molecule has 1 rings (SSSR count). The van der Waals surface area contributed by atoms with Crippen molar-refractivity contribution in [3.05, 3.63) is 0 Å². The quantitative estimate of drug-likeness (QED) is 0.722. The van der Waals surface area contributed by atoms with Gasteiger partial charge < -0.3 is 10.5 Å². The third kappa shape index (κ3) is 3.95. The SMILES string of the molecule is CC(C)CCCN1CCOCC1CN. The number of rotatable bonds is 5. The normalized spacial score (nSPS) is 24.4. The summed E-state index contributed by atoms with van der Waals surface area (Å²) in [6, 6.07) is 0.455. The molecular formula is C11H24N2O. The van der Waals surface area contributed by atoms with Gasteiger partial charge in [0.1, 0.15) is 0 Å². The lowest BCUT2D eigenvalue weighted by Gasteiger charge is -2.34. The summed E-state index contributed by atoms with van der Waals surface area (Å²) in [7, 11) is 0. The van der Waals surface area contributed by atoms with E-state index in [0.29, 0.717) is 6.04 Å². The van der Waals surface area contributed by atoms with Crippen molar-refractivity contribution in [1.29, 1.82) is 0 Å². The average molecular weight is 200 g/mol. The predicted octanol–water partition coefficient (Wildman–Crippen LogP) is 1.08. The average Bonchev–Trinajstić information content (AvgIpc) is 2.18. The second kappa shape index (κ2) is 6.38. The van der Waals surface area contributed by atoms with Crippen LogP contribution in [0.1, 0.15) is 26.7 Å². The van der Waals surface area contributed by atoms with Gasteiger partial charge in [0, 0.05) is 19.1 Å². The molecule has 0 spiro atoms. The third-order valence-corrected chi connectivity index (χ3v) is 2.85. The zero-order valence-electron chi connectivity index (χ0n) is 9.54. The van der Waals surface area contributed by atoms with E-state index in [0.717, 1.165) is 32.2 Å². The summed E-state index contributed by atoms with van der Waals surface area (Å²) >= 11 is 0. The van der Waals surface area contributed by atoms with Crippen LogP contribution in [0.25, 0.3) is 0 Å². The molecule has 0 aromatic heterocycles. The topological polar surface area (TPSA) is 38.5 Å². The summed E-state index contributed by atoms with van der Waals surface area (Å²) in [5.41, 5.74) is 5.70. The molecule has 0 amide bonds. The molecule has 1 aliphatic rings. The van der Waals surface area contributed by atoms with Gasteiger partial charge in [-0.05, 0) is 25.3 Å². The van der Waals surface area contributed by atoms with Gasteiger partial charge in [0.2, 0.25) is 0 Å². The lowest BCUT2D eigenvalue weighted by Crippen LogP contribution is -2.49. The van der Waals surface area contributed by atoms with Gasteiger partial charge in [-0.15, -0.1) is 0 Å². The van der Waals surface area contributed by atoms with Gasteiger partial charge in [-0.25, -0.2) is 0 Å². The second-order valence-electron chi connectivity index (χ2n) is 4.54. The summed E-state index contributed by atoms with van der Waals surface area (Å²) in [5.74, 6) is 0.812. The Morgan fingerprint density at radius 1 is 1.50 bits per heavy atom. The fourth-order valence-corrected chi connectivity index (χ4v) is 1.90. The fourth-order valence-electron chi connectivity index (χ4n) is 1.90.